The average Bonchev–Trinajstić information content (AvgIpc) is 2.81. The molecular formula is C26H52O6. The Morgan fingerprint density at radius 3 is 1.78 bits per heavy atom. The molecule has 0 spiro atoms. The molecule has 2 unspecified atom stereocenters. The SMILES string of the molecule is CCCCCCCCC(C=O)C(CO)OCCOCCO.CCCCCCCCCC=O. The van der Waals surface area contributed by atoms with Crippen LogP contribution < -0.4 is 0 Å². The highest BCUT2D eigenvalue weighted by molar-refractivity contribution is 5.54. The molecule has 0 saturated heterocycles. The normalized spacial score (nSPS) is 12.6. The van der Waals surface area contributed by atoms with E-state index in [2.05, 4.69) is 13.8 Å². The van der Waals surface area contributed by atoms with E-state index in [9.17, 15) is 14.7 Å². The second kappa shape index (κ2) is 30.2. The lowest BCUT2D eigenvalue weighted by Gasteiger charge is -2.21. The minimum Gasteiger partial charge on any atom is -0.394 e. The first-order valence-corrected chi connectivity index (χ1v) is 13.0. The van der Waals surface area contributed by atoms with Crippen LogP contribution in [0.15, 0.2) is 0 Å². The van der Waals surface area contributed by atoms with Gasteiger partial charge in [-0.25, -0.2) is 0 Å². The number of hydrogen-bond donors (Lipinski definition) is 2. The highest BCUT2D eigenvalue weighted by atomic mass is 16.5. The third-order valence-electron chi connectivity index (χ3n) is 5.44. The largest absolute Gasteiger partial charge is 0.394 e. The van der Waals surface area contributed by atoms with Crippen LogP contribution in [0.5, 0.6) is 0 Å². The Balaban J connectivity index is 0. The number of carbonyl (C=O) groups is 2. The fraction of sp³-hybridized carbons (Fsp3) is 0.923. The lowest BCUT2D eigenvalue weighted by atomic mass is 9.96. The standard InChI is InChI=1S/C16H32O5.C10H20O/c1-2-3-4-5-6-7-8-15(13-18)16(14-19)21-12-11-20-10-9-17;1-2-3-4-5-6-7-8-9-10-11/h13,15-17,19H,2-12,14H2,1H3;10H,2-9H2,1H3. The maximum absolute atomic E-state index is 11.2. The van der Waals surface area contributed by atoms with Crippen molar-refractivity contribution in [2.24, 2.45) is 5.92 Å². The molecule has 6 heteroatoms. The molecule has 2 atom stereocenters. The van der Waals surface area contributed by atoms with Crippen molar-refractivity contribution in [3.63, 3.8) is 0 Å². The fourth-order valence-electron chi connectivity index (χ4n) is 3.42. The van der Waals surface area contributed by atoms with E-state index in [-0.39, 0.29) is 25.7 Å². The van der Waals surface area contributed by atoms with Gasteiger partial charge in [0.2, 0.25) is 0 Å². The number of unbranched alkanes of at least 4 members (excludes halogenated alkanes) is 12. The Kier molecular flexibility index (Phi) is 31.5. The van der Waals surface area contributed by atoms with Crippen LogP contribution in [0.3, 0.4) is 0 Å². The molecule has 32 heavy (non-hydrogen) atoms. The van der Waals surface area contributed by atoms with E-state index in [0.29, 0.717) is 13.2 Å². The van der Waals surface area contributed by atoms with Gasteiger partial charge in [0.25, 0.3) is 0 Å². The molecule has 0 aliphatic rings. The zero-order chi connectivity index (χ0) is 24.1. The van der Waals surface area contributed by atoms with E-state index in [1.807, 2.05) is 0 Å². The molecule has 0 aliphatic carbocycles. The smallest absolute Gasteiger partial charge is 0.125 e. The fourth-order valence-corrected chi connectivity index (χ4v) is 3.42. The maximum Gasteiger partial charge on any atom is 0.125 e. The number of carbonyl (C=O) groups excluding carboxylic acids is 2. The number of aliphatic hydroxyl groups is 2. The van der Waals surface area contributed by atoms with E-state index in [1.165, 1.54) is 64.2 Å². The van der Waals surface area contributed by atoms with Crippen molar-refractivity contribution in [1.82, 2.24) is 0 Å². The van der Waals surface area contributed by atoms with Gasteiger partial charge in [0, 0.05) is 12.3 Å². The van der Waals surface area contributed by atoms with Crippen molar-refractivity contribution < 1.29 is 29.3 Å². The Morgan fingerprint density at radius 2 is 1.28 bits per heavy atom. The van der Waals surface area contributed by atoms with Crippen LogP contribution in [0, 0.1) is 5.92 Å². The molecule has 0 amide bonds. The van der Waals surface area contributed by atoms with Crippen molar-refractivity contribution in [2.45, 2.75) is 116 Å². The van der Waals surface area contributed by atoms with Gasteiger partial charge < -0.3 is 29.3 Å². The van der Waals surface area contributed by atoms with E-state index in [0.717, 1.165) is 44.7 Å². The summed E-state index contributed by atoms with van der Waals surface area (Å²) in [7, 11) is 0. The molecular weight excluding hydrogens is 408 g/mol. The molecule has 192 valence electrons. The lowest BCUT2D eigenvalue weighted by Crippen LogP contribution is -2.30. The van der Waals surface area contributed by atoms with E-state index in [4.69, 9.17) is 14.6 Å². The second-order valence-electron chi connectivity index (χ2n) is 8.36. The number of aldehydes is 2. The Labute approximate surface area is 197 Å². The van der Waals surface area contributed by atoms with Gasteiger partial charge in [-0.15, -0.1) is 0 Å². The number of hydrogen-bond acceptors (Lipinski definition) is 6. The predicted molar refractivity (Wildman–Crippen MR) is 131 cm³/mol. The summed E-state index contributed by atoms with van der Waals surface area (Å²) < 4.78 is 10.6. The third-order valence-corrected chi connectivity index (χ3v) is 5.44. The van der Waals surface area contributed by atoms with Gasteiger partial charge in [-0.1, -0.05) is 90.9 Å². The zero-order valence-corrected chi connectivity index (χ0v) is 21.0. The van der Waals surface area contributed by atoms with Crippen LogP contribution in [0.25, 0.3) is 0 Å². The first-order chi connectivity index (χ1) is 15.7. The molecule has 0 radical (unpaired) electrons. The molecule has 0 aromatic rings. The molecule has 0 aliphatic heterocycles. The predicted octanol–water partition coefficient (Wildman–Crippen LogP) is 5.26. The summed E-state index contributed by atoms with van der Waals surface area (Å²) in [5.41, 5.74) is 0. The highest BCUT2D eigenvalue weighted by Gasteiger charge is 2.20. The second-order valence-corrected chi connectivity index (χ2v) is 8.36. The van der Waals surface area contributed by atoms with Gasteiger partial charge in [0.1, 0.15) is 12.6 Å². The quantitative estimate of drug-likeness (QED) is 0.151. The summed E-state index contributed by atoms with van der Waals surface area (Å²) in [4.78, 5) is 21.1. The van der Waals surface area contributed by atoms with Crippen LogP contribution in [-0.2, 0) is 19.1 Å². The molecule has 0 aromatic carbocycles. The average molecular weight is 461 g/mol. The Hall–Kier alpha value is -0.820. The van der Waals surface area contributed by atoms with Crippen LogP contribution in [0.4, 0.5) is 0 Å². The summed E-state index contributed by atoms with van der Waals surface area (Å²) >= 11 is 0. The van der Waals surface area contributed by atoms with E-state index >= 15 is 0 Å². The zero-order valence-electron chi connectivity index (χ0n) is 21.0. The van der Waals surface area contributed by atoms with Crippen molar-refractivity contribution >= 4 is 12.6 Å². The molecule has 0 aromatic heterocycles. The summed E-state index contributed by atoms with van der Waals surface area (Å²) in [6.07, 6.45) is 19.1. The Morgan fingerprint density at radius 1 is 0.719 bits per heavy atom. The van der Waals surface area contributed by atoms with Gasteiger partial charge in [0.15, 0.2) is 0 Å². The maximum atomic E-state index is 11.2. The summed E-state index contributed by atoms with van der Waals surface area (Å²) in [5, 5.41) is 17.9. The molecule has 0 bridgehead atoms. The third kappa shape index (κ3) is 25.4. The van der Waals surface area contributed by atoms with Gasteiger partial charge in [-0.3, -0.25) is 0 Å². The van der Waals surface area contributed by atoms with Gasteiger partial charge in [-0.05, 0) is 12.8 Å². The monoisotopic (exact) mass is 460 g/mol. The van der Waals surface area contributed by atoms with Crippen molar-refractivity contribution in [3.8, 4) is 0 Å². The van der Waals surface area contributed by atoms with E-state index < -0.39 is 6.10 Å². The Bertz CT molecular complexity index is 364. The summed E-state index contributed by atoms with van der Waals surface area (Å²) in [5.74, 6) is -0.251. The molecule has 0 heterocycles. The van der Waals surface area contributed by atoms with Crippen molar-refractivity contribution in [3.05, 3.63) is 0 Å². The molecule has 0 saturated carbocycles. The van der Waals surface area contributed by atoms with Gasteiger partial charge >= 0.3 is 0 Å². The van der Waals surface area contributed by atoms with Gasteiger partial charge in [-0.2, -0.15) is 0 Å². The number of ether oxygens (including phenoxy) is 2. The van der Waals surface area contributed by atoms with Crippen molar-refractivity contribution in [2.75, 3.05) is 33.0 Å². The lowest BCUT2D eigenvalue weighted by molar-refractivity contribution is -0.119. The molecule has 0 rings (SSSR count). The summed E-state index contributed by atoms with van der Waals surface area (Å²) in [6, 6.07) is 0. The molecule has 6 nitrogen and oxygen atoms in total. The number of aliphatic hydroxyl groups excluding tert-OH is 2. The van der Waals surface area contributed by atoms with Crippen LogP contribution in [-0.4, -0.2) is 61.9 Å². The van der Waals surface area contributed by atoms with Crippen molar-refractivity contribution in [1.29, 1.82) is 0 Å². The van der Waals surface area contributed by atoms with E-state index in [1.54, 1.807) is 0 Å². The topological polar surface area (TPSA) is 93.1 Å². The first-order valence-electron chi connectivity index (χ1n) is 13.0. The first kappa shape index (κ1) is 33.4. The minimum atomic E-state index is -0.448. The molecule has 0 fully saturated rings. The number of rotatable bonds is 24. The van der Waals surface area contributed by atoms with Gasteiger partial charge in [0.05, 0.1) is 39.1 Å². The van der Waals surface area contributed by atoms with Crippen LogP contribution in [0.2, 0.25) is 0 Å². The van der Waals surface area contributed by atoms with Crippen LogP contribution in [0.1, 0.15) is 110 Å². The summed E-state index contributed by atoms with van der Waals surface area (Å²) in [6.45, 7) is 5.22. The minimum absolute atomic E-state index is 0.0155. The van der Waals surface area contributed by atoms with Crippen LogP contribution >= 0.6 is 0 Å². The highest BCUT2D eigenvalue weighted by Crippen LogP contribution is 2.16. The molecule has 2 N–H and O–H groups in total.